The van der Waals surface area contributed by atoms with Crippen molar-refractivity contribution in [2.45, 2.75) is 26.8 Å². The third kappa shape index (κ3) is 2.94. The minimum atomic E-state index is 0.295. The van der Waals surface area contributed by atoms with Crippen molar-refractivity contribution in [2.75, 3.05) is 39.3 Å². The van der Waals surface area contributed by atoms with Gasteiger partial charge in [-0.25, -0.2) is 0 Å². The third-order valence-electron chi connectivity index (χ3n) is 3.28. The summed E-state index contributed by atoms with van der Waals surface area (Å²) in [6, 6.07) is 0.356. The Balaban J connectivity index is 2.39. The monoisotopic (exact) mass is 200 g/mol. The molecule has 0 aromatic heterocycles. The predicted octanol–water partition coefficient (Wildman–Crippen LogP) is 0.641. The van der Waals surface area contributed by atoms with Crippen LogP contribution in [0.25, 0.3) is 0 Å². The lowest BCUT2D eigenvalue weighted by atomic mass is 10.0. The molecule has 0 aromatic rings. The van der Waals surface area contributed by atoms with E-state index in [9.17, 15) is 5.11 Å². The molecule has 0 aliphatic carbocycles. The molecule has 1 aliphatic heterocycles. The number of aliphatic hydroxyl groups is 1. The Kier molecular flexibility index (Phi) is 4.85. The van der Waals surface area contributed by atoms with Gasteiger partial charge in [-0.05, 0) is 12.5 Å². The molecule has 1 saturated heterocycles. The molecule has 0 saturated carbocycles. The number of nitrogens with zero attached hydrogens (tertiary/aromatic N) is 2. The molecule has 1 atom stereocenters. The number of likely N-dealkylation sites (N-methyl/N-ethyl adjacent to an activating group) is 1. The van der Waals surface area contributed by atoms with Gasteiger partial charge in [-0.15, -0.1) is 0 Å². The summed E-state index contributed by atoms with van der Waals surface area (Å²) in [6.45, 7) is 12.6. The highest BCUT2D eigenvalue weighted by Gasteiger charge is 2.24. The van der Waals surface area contributed by atoms with Crippen molar-refractivity contribution in [2.24, 2.45) is 5.92 Å². The molecule has 1 fully saturated rings. The van der Waals surface area contributed by atoms with E-state index in [1.165, 1.54) is 0 Å². The Morgan fingerprint density at radius 1 is 1.14 bits per heavy atom. The van der Waals surface area contributed by atoms with E-state index < -0.39 is 0 Å². The number of piperazine rings is 1. The molecule has 1 unspecified atom stereocenters. The second-order valence-electron chi connectivity index (χ2n) is 4.46. The fourth-order valence-corrected chi connectivity index (χ4v) is 2.16. The first-order valence-corrected chi connectivity index (χ1v) is 5.76. The maximum atomic E-state index is 9.32. The van der Waals surface area contributed by atoms with Crippen molar-refractivity contribution >= 4 is 0 Å². The van der Waals surface area contributed by atoms with Crippen LogP contribution in [-0.4, -0.2) is 60.3 Å². The smallest absolute Gasteiger partial charge is 0.0589 e. The third-order valence-corrected chi connectivity index (χ3v) is 3.28. The normalized spacial score (nSPS) is 22.9. The van der Waals surface area contributed by atoms with E-state index in [2.05, 4.69) is 30.6 Å². The molecular formula is C11H24N2O. The van der Waals surface area contributed by atoms with Crippen LogP contribution in [0.5, 0.6) is 0 Å². The molecule has 0 spiro atoms. The Hall–Kier alpha value is -0.120. The van der Waals surface area contributed by atoms with Gasteiger partial charge in [0.1, 0.15) is 0 Å². The lowest BCUT2D eigenvalue weighted by Gasteiger charge is -2.39. The molecule has 1 rings (SSSR count). The Bertz CT molecular complexity index is 153. The number of aliphatic hydroxyl groups excluding tert-OH is 1. The quantitative estimate of drug-likeness (QED) is 0.721. The van der Waals surface area contributed by atoms with Crippen LogP contribution in [0.1, 0.15) is 20.8 Å². The maximum absolute atomic E-state index is 9.32. The van der Waals surface area contributed by atoms with Gasteiger partial charge < -0.3 is 10.0 Å². The summed E-state index contributed by atoms with van der Waals surface area (Å²) < 4.78 is 0. The predicted molar refractivity (Wildman–Crippen MR) is 59.4 cm³/mol. The molecule has 3 heteroatoms. The van der Waals surface area contributed by atoms with Crippen LogP contribution in [-0.2, 0) is 0 Å². The average molecular weight is 200 g/mol. The van der Waals surface area contributed by atoms with Gasteiger partial charge >= 0.3 is 0 Å². The molecule has 0 radical (unpaired) electrons. The first-order chi connectivity index (χ1) is 6.69. The van der Waals surface area contributed by atoms with E-state index in [4.69, 9.17) is 0 Å². The fraction of sp³-hybridized carbons (Fsp3) is 1.00. The van der Waals surface area contributed by atoms with E-state index in [0.717, 1.165) is 32.7 Å². The Labute approximate surface area is 87.7 Å². The highest BCUT2D eigenvalue weighted by molar-refractivity contribution is 4.79. The SMILES string of the molecule is CCN1CCN(C(CO)C(C)C)CC1. The van der Waals surface area contributed by atoms with Crippen molar-refractivity contribution in [3.63, 3.8) is 0 Å². The van der Waals surface area contributed by atoms with Gasteiger partial charge in [-0.3, -0.25) is 4.90 Å². The number of rotatable bonds is 4. The van der Waals surface area contributed by atoms with Crippen molar-refractivity contribution in [1.29, 1.82) is 0 Å². The van der Waals surface area contributed by atoms with Gasteiger partial charge in [0.15, 0.2) is 0 Å². The van der Waals surface area contributed by atoms with E-state index in [1.54, 1.807) is 0 Å². The fourth-order valence-electron chi connectivity index (χ4n) is 2.16. The van der Waals surface area contributed by atoms with E-state index in [-0.39, 0.29) is 0 Å². The van der Waals surface area contributed by atoms with Crippen molar-refractivity contribution in [3.8, 4) is 0 Å². The van der Waals surface area contributed by atoms with Crippen LogP contribution in [0.4, 0.5) is 0 Å². The van der Waals surface area contributed by atoms with Crippen LogP contribution in [0, 0.1) is 5.92 Å². The summed E-state index contributed by atoms with van der Waals surface area (Å²) in [7, 11) is 0. The van der Waals surface area contributed by atoms with Crippen LogP contribution >= 0.6 is 0 Å². The zero-order valence-electron chi connectivity index (χ0n) is 9.74. The summed E-state index contributed by atoms with van der Waals surface area (Å²) in [5.41, 5.74) is 0. The molecule has 1 heterocycles. The zero-order valence-corrected chi connectivity index (χ0v) is 9.74. The van der Waals surface area contributed by atoms with E-state index >= 15 is 0 Å². The lowest BCUT2D eigenvalue weighted by molar-refractivity contribution is 0.0461. The number of hydrogen-bond donors (Lipinski definition) is 1. The molecule has 1 N–H and O–H groups in total. The topological polar surface area (TPSA) is 26.7 Å². The van der Waals surface area contributed by atoms with Gasteiger partial charge in [-0.2, -0.15) is 0 Å². The number of hydrogen-bond acceptors (Lipinski definition) is 3. The van der Waals surface area contributed by atoms with Crippen molar-refractivity contribution in [3.05, 3.63) is 0 Å². The van der Waals surface area contributed by atoms with Gasteiger partial charge in [0.25, 0.3) is 0 Å². The molecule has 0 aromatic carbocycles. The second kappa shape index (κ2) is 5.69. The largest absolute Gasteiger partial charge is 0.395 e. The highest BCUT2D eigenvalue weighted by Crippen LogP contribution is 2.12. The minimum Gasteiger partial charge on any atom is -0.395 e. The Morgan fingerprint density at radius 2 is 1.71 bits per heavy atom. The van der Waals surface area contributed by atoms with E-state index in [0.29, 0.717) is 18.6 Å². The highest BCUT2D eigenvalue weighted by atomic mass is 16.3. The molecule has 3 nitrogen and oxygen atoms in total. The van der Waals surface area contributed by atoms with Gasteiger partial charge in [-0.1, -0.05) is 20.8 Å². The van der Waals surface area contributed by atoms with Crippen molar-refractivity contribution in [1.82, 2.24) is 9.80 Å². The van der Waals surface area contributed by atoms with Crippen molar-refractivity contribution < 1.29 is 5.11 Å². The molecule has 1 aliphatic rings. The molecule has 84 valence electrons. The Morgan fingerprint density at radius 3 is 2.07 bits per heavy atom. The summed E-state index contributed by atoms with van der Waals surface area (Å²) in [6.07, 6.45) is 0. The summed E-state index contributed by atoms with van der Waals surface area (Å²) >= 11 is 0. The zero-order chi connectivity index (χ0) is 10.6. The summed E-state index contributed by atoms with van der Waals surface area (Å²) in [5, 5.41) is 9.32. The van der Waals surface area contributed by atoms with Crippen LogP contribution in [0.15, 0.2) is 0 Å². The minimum absolute atomic E-state index is 0.295. The lowest BCUT2D eigenvalue weighted by Crippen LogP contribution is -2.52. The maximum Gasteiger partial charge on any atom is 0.0589 e. The van der Waals surface area contributed by atoms with Crippen LogP contribution in [0.2, 0.25) is 0 Å². The molecule has 0 amide bonds. The standard InChI is InChI=1S/C11H24N2O/c1-4-12-5-7-13(8-6-12)11(9-14)10(2)3/h10-11,14H,4-9H2,1-3H3. The second-order valence-corrected chi connectivity index (χ2v) is 4.46. The molecular weight excluding hydrogens is 176 g/mol. The summed E-state index contributed by atoms with van der Waals surface area (Å²) in [5.74, 6) is 0.549. The van der Waals surface area contributed by atoms with E-state index in [1.807, 2.05) is 0 Å². The summed E-state index contributed by atoms with van der Waals surface area (Å²) in [4.78, 5) is 4.89. The average Bonchev–Trinajstić information content (AvgIpc) is 2.19. The van der Waals surface area contributed by atoms with Gasteiger partial charge in [0.2, 0.25) is 0 Å². The van der Waals surface area contributed by atoms with Crippen LogP contribution < -0.4 is 0 Å². The first kappa shape index (κ1) is 12.0. The molecule has 14 heavy (non-hydrogen) atoms. The van der Waals surface area contributed by atoms with Gasteiger partial charge in [0, 0.05) is 32.2 Å². The first-order valence-electron chi connectivity index (χ1n) is 5.76. The van der Waals surface area contributed by atoms with Gasteiger partial charge in [0.05, 0.1) is 6.61 Å². The van der Waals surface area contributed by atoms with Crippen LogP contribution in [0.3, 0.4) is 0 Å². The molecule has 0 bridgehead atoms.